The van der Waals surface area contributed by atoms with Gasteiger partial charge in [-0.25, -0.2) is 4.39 Å². The summed E-state index contributed by atoms with van der Waals surface area (Å²) in [7, 11) is 0. The summed E-state index contributed by atoms with van der Waals surface area (Å²) in [5.41, 5.74) is 6.19. The lowest BCUT2D eigenvalue weighted by Gasteiger charge is -2.09. The number of nitrogens with one attached hydrogen (secondary N) is 1. The Hall–Kier alpha value is -1.62. The van der Waals surface area contributed by atoms with Crippen LogP contribution < -0.4 is 11.1 Å². The number of carbonyl (C=O) groups is 1. The van der Waals surface area contributed by atoms with Gasteiger partial charge in [-0.05, 0) is 37.5 Å². The summed E-state index contributed by atoms with van der Waals surface area (Å²) >= 11 is 0. The van der Waals surface area contributed by atoms with Crippen LogP contribution in [0.15, 0.2) is 18.2 Å². The molecule has 0 bridgehead atoms. The summed E-state index contributed by atoms with van der Waals surface area (Å²) in [6, 6.07) is 4.00. The van der Waals surface area contributed by atoms with Crippen molar-refractivity contribution in [3.8, 4) is 0 Å². The maximum absolute atomic E-state index is 13.1. The minimum Gasteiger partial charge on any atom is -0.399 e. The van der Waals surface area contributed by atoms with E-state index in [1.807, 2.05) is 0 Å². The first-order chi connectivity index (χ1) is 8.63. The molecule has 1 aliphatic rings. The van der Waals surface area contributed by atoms with Crippen LogP contribution in [0.4, 0.5) is 15.8 Å². The van der Waals surface area contributed by atoms with Gasteiger partial charge in [0.15, 0.2) is 0 Å². The molecule has 0 saturated carbocycles. The van der Waals surface area contributed by atoms with Crippen LogP contribution in [-0.2, 0) is 9.53 Å². The number of nitrogen functional groups attached to an aromatic ring is 1. The molecule has 18 heavy (non-hydrogen) atoms. The van der Waals surface area contributed by atoms with Gasteiger partial charge >= 0.3 is 0 Å². The Morgan fingerprint density at radius 1 is 1.50 bits per heavy atom. The number of ether oxygens (including phenoxy) is 1. The van der Waals surface area contributed by atoms with E-state index in [4.69, 9.17) is 10.5 Å². The van der Waals surface area contributed by atoms with E-state index in [2.05, 4.69) is 5.32 Å². The minimum atomic E-state index is -0.454. The molecule has 0 aliphatic carbocycles. The monoisotopic (exact) mass is 252 g/mol. The molecule has 1 saturated heterocycles. The van der Waals surface area contributed by atoms with Gasteiger partial charge < -0.3 is 15.8 Å². The quantitative estimate of drug-likeness (QED) is 0.808. The molecule has 1 unspecified atom stereocenters. The van der Waals surface area contributed by atoms with E-state index in [0.29, 0.717) is 24.2 Å². The number of halogens is 1. The number of rotatable bonds is 4. The predicted octanol–water partition coefficient (Wildman–Crippen LogP) is 2.31. The second kappa shape index (κ2) is 5.82. The zero-order valence-corrected chi connectivity index (χ0v) is 10.1. The Morgan fingerprint density at radius 2 is 2.33 bits per heavy atom. The first kappa shape index (κ1) is 12.8. The van der Waals surface area contributed by atoms with Crippen molar-refractivity contribution in [1.29, 1.82) is 0 Å². The number of benzene rings is 1. The Morgan fingerprint density at radius 3 is 3.00 bits per heavy atom. The molecular formula is C13H17FN2O2. The van der Waals surface area contributed by atoms with Crippen LogP contribution in [-0.4, -0.2) is 18.6 Å². The lowest BCUT2D eigenvalue weighted by atomic mass is 10.1. The topological polar surface area (TPSA) is 64.3 Å². The standard InChI is InChI=1S/C13H17FN2O2/c14-9-6-10(15)8-11(7-9)16-13(17)4-3-12-2-1-5-18-12/h6-8,12H,1-5,15H2,(H,16,17). The molecule has 5 heteroatoms. The average Bonchev–Trinajstić information content (AvgIpc) is 2.77. The van der Waals surface area contributed by atoms with Gasteiger partial charge in [0.2, 0.25) is 5.91 Å². The Labute approximate surface area is 105 Å². The molecule has 98 valence electrons. The third-order valence-corrected chi connectivity index (χ3v) is 2.92. The lowest BCUT2D eigenvalue weighted by Crippen LogP contribution is -2.15. The molecule has 1 atom stereocenters. The highest BCUT2D eigenvalue weighted by Gasteiger charge is 2.16. The van der Waals surface area contributed by atoms with Gasteiger partial charge in [0, 0.05) is 24.4 Å². The van der Waals surface area contributed by atoms with Crippen molar-refractivity contribution in [3.63, 3.8) is 0 Å². The van der Waals surface area contributed by atoms with Crippen molar-refractivity contribution in [1.82, 2.24) is 0 Å². The zero-order chi connectivity index (χ0) is 13.0. The van der Waals surface area contributed by atoms with E-state index in [1.54, 1.807) is 0 Å². The fourth-order valence-electron chi connectivity index (χ4n) is 2.07. The summed E-state index contributed by atoms with van der Waals surface area (Å²) in [4.78, 5) is 11.7. The smallest absolute Gasteiger partial charge is 0.224 e. The van der Waals surface area contributed by atoms with Gasteiger partial charge in [-0.2, -0.15) is 0 Å². The summed E-state index contributed by atoms with van der Waals surface area (Å²) in [6.45, 7) is 0.784. The maximum Gasteiger partial charge on any atom is 0.224 e. The SMILES string of the molecule is Nc1cc(F)cc(NC(=O)CCC2CCCO2)c1. The van der Waals surface area contributed by atoms with Crippen LogP contribution in [0, 0.1) is 5.82 Å². The fourth-order valence-corrected chi connectivity index (χ4v) is 2.07. The Bertz CT molecular complexity index is 411. The number of anilines is 2. The molecule has 1 aromatic rings. The summed E-state index contributed by atoms with van der Waals surface area (Å²) in [5.74, 6) is -0.597. The van der Waals surface area contributed by atoms with Crippen molar-refractivity contribution in [3.05, 3.63) is 24.0 Å². The van der Waals surface area contributed by atoms with Gasteiger partial charge in [0.05, 0.1) is 6.10 Å². The second-order valence-electron chi connectivity index (χ2n) is 4.50. The van der Waals surface area contributed by atoms with E-state index >= 15 is 0 Å². The molecule has 3 N–H and O–H groups in total. The van der Waals surface area contributed by atoms with Crippen LogP contribution in [0.2, 0.25) is 0 Å². The van der Waals surface area contributed by atoms with Crippen LogP contribution in [0.25, 0.3) is 0 Å². The summed E-state index contributed by atoms with van der Waals surface area (Å²) in [6.07, 6.45) is 3.35. The van der Waals surface area contributed by atoms with Gasteiger partial charge in [-0.1, -0.05) is 0 Å². The second-order valence-corrected chi connectivity index (χ2v) is 4.50. The highest BCUT2D eigenvalue weighted by atomic mass is 19.1. The predicted molar refractivity (Wildman–Crippen MR) is 67.7 cm³/mol. The highest BCUT2D eigenvalue weighted by molar-refractivity contribution is 5.91. The summed E-state index contributed by atoms with van der Waals surface area (Å²) in [5, 5.41) is 2.63. The van der Waals surface area contributed by atoms with Crippen LogP contribution in [0.5, 0.6) is 0 Å². The Kier molecular flexibility index (Phi) is 4.15. The first-order valence-electron chi connectivity index (χ1n) is 6.11. The van der Waals surface area contributed by atoms with Crippen LogP contribution in [0.1, 0.15) is 25.7 Å². The van der Waals surface area contributed by atoms with Crippen molar-refractivity contribution in [2.45, 2.75) is 31.8 Å². The van der Waals surface area contributed by atoms with E-state index in [9.17, 15) is 9.18 Å². The molecule has 2 rings (SSSR count). The van der Waals surface area contributed by atoms with Crippen LogP contribution >= 0.6 is 0 Å². The molecule has 4 nitrogen and oxygen atoms in total. The van der Waals surface area contributed by atoms with Crippen molar-refractivity contribution in [2.75, 3.05) is 17.7 Å². The molecule has 0 aromatic heterocycles. The first-order valence-corrected chi connectivity index (χ1v) is 6.11. The van der Waals surface area contributed by atoms with E-state index in [1.165, 1.54) is 18.2 Å². The molecule has 0 radical (unpaired) electrons. The molecule has 1 heterocycles. The summed E-state index contributed by atoms with van der Waals surface area (Å²) < 4.78 is 18.5. The fraction of sp³-hybridized carbons (Fsp3) is 0.462. The van der Waals surface area contributed by atoms with Gasteiger partial charge in [0.1, 0.15) is 5.82 Å². The number of hydrogen-bond donors (Lipinski definition) is 2. The Balaban J connectivity index is 1.82. The third-order valence-electron chi connectivity index (χ3n) is 2.92. The van der Waals surface area contributed by atoms with Crippen LogP contribution in [0.3, 0.4) is 0 Å². The molecule has 0 spiro atoms. The number of hydrogen-bond acceptors (Lipinski definition) is 3. The van der Waals surface area contributed by atoms with Crippen molar-refractivity contribution >= 4 is 17.3 Å². The third kappa shape index (κ3) is 3.70. The van der Waals surface area contributed by atoms with E-state index in [-0.39, 0.29) is 12.0 Å². The largest absolute Gasteiger partial charge is 0.399 e. The molecule has 1 aliphatic heterocycles. The molecule has 1 fully saturated rings. The van der Waals surface area contributed by atoms with Gasteiger partial charge in [-0.3, -0.25) is 4.79 Å². The zero-order valence-electron chi connectivity index (χ0n) is 10.1. The van der Waals surface area contributed by atoms with Gasteiger partial charge in [0.25, 0.3) is 0 Å². The number of carbonyl (C=O) groups excluding carboxylic acids is 1. The average molecular weight is 252 g/mol. The maximum atomic E-state index is 13.1. The minimum absolute atomic E-state index is 0.143. The van der Waals surface area contributed by atoms with E-state index in [0.717, 1.165) is 19.4 Å². The van der Waals surface area contributed by atoms with E-state index < -0.39 is 5.82 Å². The van der Waals surface area contributed by atoms with Crippen molar-refractivity contribution in [2.24, 2.45) is 0 Å². The van der Waals surface area contributed by atoms with Gasteiger partial charge in [-0.15, -0.1) is 0 Å². The van der Waals surface area contributed by atoms with Crippen molar-refractivity contribution < 1.29 is 13.9 Å². The molecule has 1 aromatic carbocycles. The normalized spacial score (nSPS) is 18.8. The lowest BCUT2D eigenvalue weighted by molar-refractivity contribution is -0.116. The molecular weight excluding hydrogens is 235 g/mol. The highest BCUT2D eigenvalue weighted by Crippen LogP contribution is 2.18. The number of amides is 1. The molecule has 1 amide bonds. The number of nitrogens with two attached hydrogens (primary N) is 1.